The first-order chi connectivity index (χ1) is 11.1. The fourth-order valence-corrected chi connectivity index (χ4v) is 2.88. The molecule has 0 bridgehead atoms. The van der Waals surface area contributed by atoms with Crippen LogP contribution in [-0.4, -0.2) is 17.1 Å². The van der Waals surface area contributed by atoms with Crippen LogP contribution in [0.2, 0.25) is 0 Å². The normalized spacial score (nSPS) is 13.3. The number of carbonyl (C=O) groups is 1. The Morgan fingerprint density at radius 3 is 2.78 bits per heavy atom. The van der Waals surface area contributed by atoms with Crippen LogP contribution in [0, 0.1) is 0 Å². The Kier molecular flexibility index (Phi) is 6.03. The van der Waals surface area contributed by atoms with Crippen LogP contribution in [-0.2, 0) is 9.53 Å². The summed E-state index contributed by atoms with van der Waals surface area (Å²) in [6, 6.07) is 9.03. The van der Waals surface area contributed by atoms with Gasteiger partial charge in [-0.1, -0.05) is 25.8 Å². The Labute approximate surface area is 138 Å². The second-order valence-corrected chi connectivity index (χ2v) is 6.07. The lowest BCUT2D eigenvalue weighted by atomic mass is 10.0. The summed E-state index contributed by atoms with van der Waals surface area (Å²) in [5.41, 5.74) is 3.24. The zero-order chi connectivity index (χ0) is 16.8. The van der Waals surface area contributed by atoms with Crippen molar-refractivity contribution in [3.05, 3.63) is 42.1 Å². The monoisotopic (exact) mass is 313 g/mol. The molecule has 0 aliphatic heterocycles. The second-order valence-electron chi connectivity index (χ2n) is 6.07. The molecule has 124 valence electrons. The number of rotatable bonds is 7. The maximum absolute atomic E-state index is 11.6. The smallest absolute Gasteiger partial charge is 0.331 e. The number of unbranched alkanes of at least 4 members (excludes halogenated alkanes) is 1. The number of carbonyl (C=O) groups excluding carboxylic acids is 1. The number of hydrogen-bond acceptors (Lipinski definition) is 2. The van der Waals surface area contributed by atoms with E-state index >= 15 is 0 Å². The van der Waals surface area contributed by atoms with Crippen molar-refractivity contribution in [2.24, 2.45) is 0 Å². The van der Waals surface area contributed by atoms with E-state index in [1.807, 2.05) is 13.8 Å². The summed E-state index contributed by atoms with van der Waals surface area (Å²) in [5, 5.41) is 1.21. The van der Waals surface area contributed by atoms with Gasteiger partial charge in [0, 0.05) is 29.2 Å². The highest BCUT2D eigenvalue weighted by molar-refractivity contribution is 5.92. The summed E-state index contributed by atoms with van der Waals surface area (Å²) in [6.45, 7) is 8.66. The molecular formula is C20H27NO2. The van der Waals surface area contributed by atoms with Gasteiger partial charge in [0.15, 0.2) is 0 Å². The Balaban J connectivity index is 2.25. The zero-order valence-electron chi connectivity index (χ0n) is 14.6. The fourth-order valence-electron chi connectivity index (χ4n) is 2.88. The van der Waals surface area contributed by atoms with E-state index in [4.69, 9.17) is 4.74 Å². The standard InChI is InChI=1S/C20H27NO2/c1-5-7-8-16(4)21-12-11-18-14-17(9-10-19(18)21)15(3)13-20(22)23-6-2/h9-14,16H,5-8H2,1-4H3/b15-13+. The Morgan fingerprint density at radius 1 is 1.30 bits per heavy atom. The quantitative estimate of drug-likeness (QED) is 0.509. The molecule has 0 spiro atoms. The van der Waals surface area contributed by atoms with Crippen molar-refractivity contribution >= 4 is 22.4 Å². The summed E-state index contributed by atoms with van der Waals surface area (Å²) in [6.07, 6.45) is 7.40. The van der Waals surface area contributed by atoms with Gasteiger partial charge in [-0.2, -0.15) is 0 Å². The van der Waals surface area contributed by atoms with E-state index in [0.717, 1.165) is 11.1 Å². The zero-order valence-corrected chi connectivity index (χ0v) is 14.6. The second kappa shape index (κ2) is 8.00. The minimum Gasteiger partial charge on any atom is -0.463 e. The third-order valence-corrected chi connectivity index (χ3v) is 4.25. The third-order valence-electron chi connectivity index (χ3n) is 4.25. The van der Waals surface area contributed by atoms with Crippen LogP contribution in [0.3, 0.4) is 0 Å². The van der Waals surface area contributed by atoms with E-state index in [1.54, 1.807) is 6.08 Å². The van der Waals surface area contributed by atoms with Gasteiger partial charge in [-0.25, -0.2) is 4.79 Å². The molecule has 3 nitrogen and oxygen atoms in total. The highest BCUT2D eigenvalue weighted by Gasteiger charge is 2.09. The van der Waals surface area contributed by atoms with Crippen LogP contribution in [0.5, 0.6) is 0 Å². The van der Waals surface area contributed by atoms with E-state index < -0.39 is 0 Å². The van der Waals surface area contributed by atoms with E-state index in [0.29, 0.717) is 12.6 Å². The molecule has 0 saturated carbocycles. The van der Waals surface area contributed by atoms with Gasteiger partial charge in [-0.05, 0) is 56.5 Å². The Hall–Kier alpha value is -2.03. The molecular weight excluding hydrogens is 286 g/mol. The maximum atomic E-state index is 11.6. The molecule has 2 rings (SSSR count). The average Bonchev–Trinajstić information content (AvgIpc) is 2.95. The lowest BCUT2D eigenvalue weighted by molar-refractivity contribution is -0.137. The number of nitrogens with zero attached hydrogens (tertiary/aromatic N) is 1. The van der Waals surface area contributed by atoms with Crippen LogP contribution in [0.15, 0.2) is 36.5 Å². The minimum atomic E-state index is -0.282. The van der Waals surface area contributed by atoms with Crippen molar-refractivity contribution in [1.82, 2.24) is 4.57 Å². The number of fused-ring (bicyclic) bond motifs is 1. The summed E-state index contributed by atoms with van der Waals surface area (Å²) in [7, 11) is 0. The predicted octanol–water partition coefficient (Wildman–Crippen LogP) is 5.36. The molecule has 0 radical (unpaired) electrons. The molecule has 1 unspecified atom stereocenters. The van der Waals surface area contributed by atoms with Crippen LogP contribution < -0.4 is 0 Å². The molecule has 1 aromatic heterocycles. The maximum Gasteiger partial charge on any atom is 0.331 e. The molecule has 0 saturated heterocycles. The van der Waals surface area contributed by atoms with Crippen molar-refractivity contribution in [3.8, 4) is 0 Å². The summed E-state index contributed by atoms with van der Waals surface area (Å²) < 4.78 is 7.32. The predicted molar refractivity (Wildman–Crippen MR) is 96.5 cm³/mol. The van der Waals surface area contributed by atoms with Crippen LogP contribution >= 0.6 is 0 Å². The van der Waals surface area contributed by atoms with Gasteiger partial charge in [-0.3, -0.25) is 0 Å². The third kappa shape index (κ3) is 4.25. The van der Waals surface area contributed by atoms with Gasteiger partial charge >= 0.3 is 5.97 Å². The van der Waals surface area contributed by atoms with Crippen molar-refractivity contribution < 1.29 is 9.53 Å². The molecule has 0 amide bonds. The molecule has 0 N–H and O–H groups in total. The minimum absolute atomic E-state index is 0.282. The van der Waals surface area contributed by atoms with Crippen molar-refractivity contribution in [2.45, 2.75) is 53.0 Å². The Morgan fingerprint density at radius 2 is 2.09 bits per heavy atom. The first-order valence-corrected chi connectivity index (χ1v) is 8.52. The van der Waals surface area contributed by atoms with E-state index in [9.17, 15) is 4.79 Å². The molecule has 0 fully saturated rings. The summed E-state index contributed by atoms with van der Waals surface area (Å²) in [4.78, 5) is 11.6. The highest BCUT2D eigenvalue weighted by atomic mass is 16.5. The highest BCUT2D eigenvalue weighted by Crippen LogP contribution is 2.26. The lowest BCUT2D eigenvalue weighted by Gasteiger charge is -2.15. The number of benzene rings is 1. The number of esters is 1. The van der Waals surface area contributed by atoms with Gasteiger partial charge in [-0.15, -0.1) is 0 Å². The fraction of sp³-hybridized carbons (Fsp3) is 0.450. The SMILES string of the molecule is CCCCC(C)n1ccc2cc(/C(C)=C/C(=O)OCC)ccc21. The van der Waals surface area contributed by atoms with Gasteiger partial charge in [0.25, 0.3) is 0 Å². The molecule has 2 aromatic rings. The molecule has 1 heterocycles. The van der Waals surface area contributed by atoms with Gasteiger partial charge in [0.2, 0.25) is 0 Å². The number of allylic oxidation sites excluding steroid dienone is 1. The molecule has 0 aliphatic rings. The van der Waals surface area contributed by atoms with Gasteiger partial charge in [0.05, 0.1) is 6.61 Å². The summed E-state index contributed by atoms with van der Waals surface area (Å²) in [5.74, 6) is -0.282. The van der Waals surface area contributed by atoms with E-state index in [2.05, 4.69) is 48.9 Å². The molecule has 23 heavy (non-hydrogen) atoms. The van der Waals surface area contributed by atoms with E-state index in [1.165, 1.54) is 30.2 Å². The number of aromatic nitrogens is 1. The number of ether oxygens (including phenoxy) is 1. The van der Waals surface area contributed by atoms with Crippen LogP contribution in [0.4, 0.5) is 0 Å². The molecule has 1 aromatic carbocycles. The largest absolute Gasteiger partial charge is 0.463 e. The molecule has 1 atom stereocenters. The average molecular weight is 313 g/mol. The van der Waals surface area contributed by atoms with Crippen molar-refractivity contribution in [3.63, 3.8) is 0 Å². The van der Waals surface area contributed by atoms with Crippen LogP contribution in [0.25, 0.3) is 16.5 Å². The lowest BCUT2D eigenvalue weighted by Crippen LogP contribution is -2.03. The van der Waals surface area contributed by atoms with Gasteiger partial charge < -0.3 is 9.30 Å². The molecule has 0 aliphatic carbocycles. The topological polar surface area (TPSA) is 31.2 Å². The van der Waals surface area contributed by atoms with Crippen molar-refractivity contribution in [1.29, 1.82) is 0 Å². The first-order valence-electron chi connectivity index (χ1n) is 8.52. The Bertz CT molecular complexity index is 697. The first kappa shape index (κ1) is 17.3. The van der Waals surface area contributed by atoms with Crippen molar-refractivity contribution in [2.75, 3.05) is 6.61 Å². The van der Waals surface area contributed by atoms with E-state index in [-0.39, 0.29) is 5.97 Å². The van der Waals surface area contributed by atoms with Crippen LogP contribution in [0.1, 0.15) is 58.6 Å². The number of hydrogen-bond donors (Lipinski definition) is 0. The van der Waals surface area contributed by atoms with Gasteiger partial charge in [0.1, 0.15) is 0 Å². The summed E-state index contributed by atoms with van der Waals surface area (Å²) >= 11 is 0. The molecule has 3 heteroatoms.